The van der Waals surface area contributed by atoms with Gasteiger partial charge >= 0.3 is 6.03 Å². The summed E-state index contributed by atoms with van der Waals surface area (Å²) in [4.78, 5) is 16.3. The average molecular weight is 517 g/mol. The number of urea groups is 1. The number of ether oxygens (including phenoxy) is 2. The van der Waals surface area contributed by atoms with Crippen molar-refractivity contribution >= 4 is 29.0 Å². The lowest BCUT2D eigenvalue weighted by Crippen LogP contribution is -2.50. The number of nitrogens with zero attached hydrogens (tertiary/aromatic N) is 2. The van der Waals surface area contributed by atoms with Gasteiger partial charge in [0.05, 0.1) is 24.6 Å². The van der Waals surface area contributed by atoms with Gasteiger partial charge in [-0.15, -0.1) is 0 Å². The minimum atomic E-state index is -0.314. The monoisotopic (exact) mass is 516 g/mol. The number of hydrogen-bond donors (Lipinski definition) is 2. The van der Waals surface area contributed by atoms with Gasteiger partial charge in [0.25, 0.3) is 0 Å². The molecule has 0 radical (unpaired) electrons. The molecule has 0 aromatic heterocycles. The predicted molar refractivity (Wildman–Crippen MR) is 149 cm³/mol. The van der Waals surface area contributed by atoms with Crippen LogP contribution in [0.15, 0.2) is 42.5 Å². The van der Waals surface area contributed by atoms with Crippen LogP contribution in [0.3, 0.4) is 0 Å². The maximum Gasteiger partial charge on any atom is 0.319 e. The number of anilines is 2. The van der Waals surface area contributed by atoms with Crippen LogP contribution in [0, 0.1) is 0 Å². The van der Waals surface area contributed by atoms with Crippen LogP contribution in [-0.4, -0.2) is 63.4 Å². The topological polar surface area (TPSA) is 66.1 Å². The molecular weight excluding hydrogens is 476 g/mol. The average Bonchev–Trinajstić information content (AvgIpc) is 2.90. The van der Waals surface area contributed by atoms with Gasteiger partial charge in [0.1, 0.15) is 11.5 Å². The number of hydrogen-bond acceptors (Lipinski definition) is 5. The van der Waals surface area contributed by atoms with Crippen molar-refractivity contribution in [1.29, 1.82) is 0 Å². The first-order valence-electron chi connectivity index (χ1n) is 13.0. The Hall–Kier alpha value is -2.64. The molecule has 1 aliphatic heterocycles. The highest BCUT2D eigenvalue weighted by Gasteiger charge is 2.26. The molecule has 36 heavy (non-hydrogen) atoms. The summed E-state index contributed by atoms with van der Waals surface area (Å²) in [5.74, 6) is 1.60. The van der Waals surface area contributed by atoms with Gasteiger partial charge in [-0.05, 0) is 57.0 Å². The van der Waals surface area contributed by atoms with Crippen molar-refractivity contribution in [3.63, 3.8) is 0 Å². The summed E-state index contributed by atoms with van der Waals surface area (Å²) in [6.45, 7) is 8.82. The van der Waals surface area contributed by atoms with E-state index in [4.69, 9.17) is 21.1 Å². The van der Waals surface area contributed by atoms with Gasteiger partial charge in [-0.1, -0.05) is 43.0 Å². The maximum atomic E-state index is 11.0. The van der Waals surface area contributed by atoms with E-state index in [0.29, 0.717) is 16.5 Å². The Bertz CT molecular complexity index is 958. The van der Waals surface area contributed by atoms with Gasteiger partial charge in [-0.3, -0.25) is 4.90 Å². The molecule has 2 N–H and O–H groups in total. The summed E-state index contributed by atoms with van der Waals surface area (Å²) in [6, 6.07) is 14.0. The van der Waals surface area contributed by atoms with E-state index in [2.05, 4.69) is 58.5 Å². The quantitative estimate of drug-likeness (QED) is 0.491. The molecule has 1 saturated carbocycles. The zero-order valence-electron chi connectivity index (χ0n) is 22.1. The summed E-state index contributed by atoms with van der Waals surface area (Å²) in [6.07, 6.45) is 7.34. The Labute approximate surface area is 221 Å². The number of rotatable bonds is 6. The Kier molecular flexibility index (Phi) is 11.0. The minimum absolute atomic E-state index is 0.227. The summed E-state index contributed by atoms with van der Waals surface area (Å²) in [5.41, 5.74) is 1.80. The molecule has 4 rings (SSSR count). The lowest BCUT2D eigenvalue weighted by molar-refractivity contribution is 0.147. The lowest BCUT2D eigenvalue weighted by Gasteiger charge is -2.41. The molecule has 2 aromatic rings. The third-order valence-corrected chi connectivity index (χ3v) is 6.85. The first-order valence-corrected chi connectivity index (χ1v) is 13.4. The summed E-state index contributed by atoms with van der Waals surface area (Å²) >= 11 is 5.77. The predicted octanol–water partition coefficient (Wildman–Crippen LogP) is 6.03. The van der Waals surface area contributed by atoms with Crippen molar-refractivity contribution in [3.05, 3.63) is 47.5 Å². The van der Waals surface area contributed by atoms with Gasteiger partial charge < -0.3 is 25.0 Å². The van der Waals surface area contributed by atoms with Gasteiger partial charge in [0.15, 0.2) is 0 Å². The van der Waals surface area contributed by atoms with Crippen molar-refractivity contribution in [3.8, 4) is 11.5 Å². The molecule has 2 aliphatic rings. The molecule has 0 unspecified atom stereocenters. The fraction of sp³-hybridized carbons (Fsp3) is 0.536. The molecule has 2 aromatic carbocycles. The van der Waals surface area contributed by atoms with Crippen molar-refractivity contribution in [2.45, 2.75) is 58.1 Å². The van der Waals surface area contributed by atoms with E-state index in [9.17, 15) is 4.79 Å². The van der Waals surface area contributed by atoms with Crippen LogP contribution in [0.2, 0.25) is 5.02 Å². The van der Waals surface area contributed by atoms with Crippen molar-refractivity contribution in [2.24, 2.45) is 0 Å². The molecule has 7 nitrogen and oxygen atoms in total. The van der Waals surface area contributed by atoms with Crippen LogP contribution in [0.25, 0.3) is 0 Å². The third-order valence-electron chi connectivity index (χ3n) is 6.61. The van der Waals surface area contributed by atoms with Crippen LogP contribution in [-0.2, 0) is 0 Å². The zero-order chi connectivity index (χ0) is 25.9. The SMILES string of the molecule is CC(C)Oc1ccccc1N1CCN(C2CCCCC2)CC1.CNC(=O)Nc1cc(Cl)ccc1OC. The van der Waals surface area contributed by atoms with Crippen molar-refractivity contribution in [1.82, 2.24) is 10.2 Å². The minimum Gasteiger partial charge on any atom is -0.495 e. The summed E-state index contributed by atoms with van der Waals surface area (Å²) < 4.78 is 11.0. The largest absolute Gasteiger partial charge is 0.495 e. The second kappa shape index (κ2) is 14.2. The number of amides is 2. The Balaban J connectivity index is 0.000000223. The second-order valence-corrected chi connectivity index (χ2v) is 9.93. The number of halogens is 1. The smallest absolute Gasteiger partial charge is 0.319 e. The van der Waals surface area contributed by atoms with Crippen LogP contribution in [0.4, 0.5) is 16.2 Å². The molecule has 1 heterocycles. The zero-order valence-corrected chi connectivity index (χ0v) is 22.8. The molecule has 0 spiro atoms. The Morgan fingerprint density at radius 2 is 1.69 bits per heavy atom. The number of piperazine rings is 1. The van der Waals surface area contributed by atoms with E-state index in [1.165, 1.54) is 65.0 Å². The van der Waals surface area contributed by atoms with Crippen molar-refractivity contribution in [2.75, 3.05) is 50.6 Å². The molecule has 2 fully saturated rings. The number of methoxy groups -OCH3 is 1. The third kappa shape index (κ3) is 8.20. The highest BCUT2D eigenvalue weighted by atomic mass is 35.5. The van der Waals surface area contributed by atoms with E-state index in [0.717, 1.165) is 24.9 Å². The summed E-state index contributed by atoms with van der Waals surface area (Å²) in [7, 11) is 3.06. The molecular formula is C28H41ClN4O3. The fourth-order valence-electron chi connectivity index (χ4n) is 4.81. The summed E-state index contributed by atoms with van der Waals surface area (Å²) in [5, 5.41) is 5.57. The maximum absolute atomic E-state index is 11.0. The van der Waals surface area contributed by atoms with Crippen LogP contribution < -0.4 is 25.0 Å². The van der Waals surface area contributed by atoms with Crippen molar-refractivity contribution < 1.29 is 14.3 Å². The van der Waals surface area contributed by atoms with Crippen LogP contribution >= 0.6 is 11.6 Å². The molecule has 1 saturated heterocycles. The highest BCUT2D eigenvalue weighted by molar-refractivity contribution is 6.31. The van der Waals surface area contributed by atoms with Gasteiger partial charge in [0.2, 0.25) is 0 Å². The van der Waals surface area contributed by atoms with E-state index in [1.54, 1.807) is 18.2 Å². The molecule has 2 amide bonds. The van der Waals surface area contributed by atoms with E-state index >= 15 is 0 Å². The number of nitrogens with one attached hydrogen (secondary N) is 2. The molecule has 0 atom stereocenters. The van der Waals surface area contributed by atoms with E-state index in [1.807, 2.05) is 0 Å². The first kappa shape index (κ1) is 27.9. The standard InChI is InChI=1S/C19H30N2O.C9H11ClN2O2/c1-16(2)22-19-11-7-6-10-18(19)21-14-12-20(13-15-21)17-8-4-3-5-9-17;1-11-9(13)12-7-5-6(10)3-4-8(7)14-2/h6-7,10-11,16-17H,3-5,8-9,12-15H2,1-2H3;3-5H,1-2H3,(H2,11,12,13). The number of para-hydroxylation sites is 2. The molecule has 8 heteroatoms. The molecule has 1 aliphatic carbocycles. The number of carbonyl (C=O) groups excluding carboxylic acids is 1. The molecule has 198 valence electrons. The van der Waals surface area contributed by atoms with Gasteiger partial charge in [-0.25, -0.2) is 4.79 Å². The van der Waals surface area contributed by atoms with Crippen LogP contribution in [0.1, 0.15) is 46.0 Å². The fourth-order valence-corrected chi connectivity index (χ4v) is 4.98. The van der Waals surface area contributed by atoms with E-state index in [-0.39, 0.29) is 12.1 Å². The molecule has 0 bridgehead atoms. The lowest BCUT2D eigenvalue weighted by atomic mass is 9.94. The number of carbonyl (C=O) groups is 1. The first-order chi connectivity index (χ1) is 17.4. The van der Waals surface area contributed by atoms with E-state index < -0.39 is 0 Å². The van der Waals surface area contributed by atoms with Gasteiger partial charge in [-0.2, -0.15) is 0 Å². The second-order valence-electron chi connectivity index (χ2n) is 9.50. The van der Waals surface area contributed by atoms with Gasteiger partial charge in [0, 0.05) is 44.3 Å². The number of benzene rings is 2. The highest BCUT2D eigenvalue weighted by Crippen LogP contribution is 2.31. The Morgan fingerprint density at radius 3 is 2.33 bits per heavy atom. The Morgan fingerprint density at radius 1 is 1.00 bits per heavy atom. The normalized spacial score (nSPS) is 16.7. The van der Waals surface area contributed by atoms with Crippen LogP contribution in [0.5, 0.6) is 11.5 Å².